The Bertz CT molecular complexity index is 1140. The number of nitrogen functional groups attached to an aromatic ring is 1. The molecule has 0 saturated heterocycles. The van der Waals surface area contributed by atoms with Crippen molar-refractivity contribution in [3.8, 4) is 34.1 Å². The highest BCUT2D eigenvalue weighted by Crippen LogP contribution is 2.27. The number of rotatable bonds is 7. The molecule has 0 amide bonds. The number of anilines is 1. The smallest absolute Gasteiger partial charge is 0.165 e. The molecule has 0 bridgehead atoms. The van der Waals surface area contributed by atoms with Crippen molar-refractivity contribution in [1.82, 2.24) is 15.0 Å². The van der Waals surface area contributed by atoms with Crippen LogP contribution in [0.4, 0.5) is 5.82 Å². The van der Waals surface area contributed by atoms with Gasteiger partial charge < -0.3 is 15.2 Å². The Hall–Kier alpha value is -3.67. The van der Waals surface area contributed by atoms with Gasteiger partial charge in [0.05, 0.1) is 24.8 Å². The quantitative estimate of drug-likeness (QED) is 0.433. The fraction of sp³-hybridized carbons (Fsp3) is 0.208. The highest BCUT2D eigenvalue weighted by Gasteiger charge is 2.10. The van der Waals surface area contributed by atoms with E-state index in [1.807, 2.05) is 60.7 Å². The van der Waals surface area contributed by atoms with Crippen LogP contribution in [0, 0.1) is 0 Å². The summed E-state index contributed by atoms with van der Waals surface area (Å²) in [7, 11) is 1.65. The lowest BCUT2D eigenvalue weighted by Crippen LogP contribution is -2.00. The zero-order valence-electron chi connectivity index (χ0n) is 17.1. The van der Waals surface area contributed by atoms with Crippen molar-refractivity contribution >= 4 is 16.9 Å². The first-order chi connectivity index (χ1) is 14.7. The molecule has 6 heteroatoms. The third-order valence-electron chi connectivity index (χ3n) is 4.85. The van der Waals surface area contributed by atoms with E-state index in [0.717, 1.165) is 46.5 Å². The first-order valence-electron chi connectivity index (χ1n) is 10.00. The number of hydrogen-bond acceptors (Lipinski definition) is 6. The third-order valence-corrected chi connectivity index (χ3v) is 4.85. The lowest BCUT2D eigenvalue weighted by atomic mass is 10.1. The second-order valence-corrected chi connectivity index (χ2v) is 6.96. The van der Waals surface area contributed by atoms with E-state index in [1.165, 1.54) is 0 Å². The zero-order chi connectivity index (χ0) is 20.9. The summed E-state index contributed by atoms with van der Waals surface area (Å²) in [6.07, 6.45) is 2.14. The maximum atomic E-state index is 6.20. The van der Waals surface area contributed by atoms with Gasteiger partial charge in [-0.15, -0.1) is 0 Å². The number of methoxy groups -OCH3 is 1. The topological polar surface area (TPSA) is 83.2 Å². The van der Waals surface area contributed by atoms with Crippen LogP contribution in [-0.2, 0) is 0 Å². The van der Waals surface area contributed by atoms with Crippen LogP contribution in [0.1, 0.15) is 19.8 Å². The molecule has 0 fully saturated rings. The largest absolute Gasteiger partial charge is 0.497 e. The minimum atomic E-state index is 0.409. The monoisotopic (exact) mass is 400 g/mol. The Morgan fingerprint density at radius 3 is 2.20 bits per heavy atom. The van der Waals surface area contributed by atoms with Crippen molar-refractivity contribution in [2.24, 2.45) is 0 Å². The van der Waals surface area contributed by atoms with E-state index in [1.54, 1.807) is 7.11 Å². The van der Waals surface area contributed by atoms with Crippen molar-refractivity contribution in [3.63, 3.8) is 0 Å². The predicted molar refractivity (Wildman–Crippen MR) is 120 cm³/mol. The van der Waals surface area contributed by atoms with Gasteiger partial charge in [0.25, 0.3) is 0 Å². The molecule has 4 aromatic rings. The maximum Gasteiger partial charge on any atom is 0.165 e. The van der Waals surface area contributed by atoms with Crippen LogP contribution in [0.2, 0.25) is 0 Å². The zero-order valence-corrected chi connectivity index (χ0v) is 17.1. The number of aromatic nitrogens is 3. The summed E-state index contributed by atoms with van der Waals surface area (Å²) in [5, 5.41) is 0.732. The molecule has 0 spiro atoms. The van der Waals surface area contributed by atoms with Gasteiger partial charge in [-0.2, -0.15) is 0 Å². The molecule has 0 atom stereocenters. The van der Waals surface area contributed by atoms with E-state index < -0.39 is 0 Å². The Labute approximate surface area is 175 Å². The van der Waals surface area contributed by atoms with Crippen LogP contribution >= 0.6 is 0 Å². The standard InChI is InChI=1S/C24H24N4O2/c1-3-4-15-30-19-11-7-17(8-12-19)23-27-22(25)20-13-14-21(26-24(20)28-23)16-5-9-18(29-2)10-6-16/h5-14H,3-4,15H2,1-2H3,(H2,25,26,27,28). The molecule has 152 valence electrons. The van der Waals surface area contributed by atoms with Crippen LogP contribution < -0.4 is 15.2 Å². The van der Waals surface area contributed by atoms with Gasteiger partial charge in [-0.3, -0.25) is 0 Å². The summed E-state index contributed by atoms with van der Waals surface area (Å²) in [5.41, 5.74) is 9.42. The Morgan fingerprint density at radius 2 is 1.50 bits per heavy atom. The fourth-order valence-electron chi connectivity index (χ4n) is 3.12. The number of ether oxygens (including phenoxy) is 2. The van der Waals surface area contributed by atoms with Gasteiger partial charge in [-0.1, -0.05) is 13.3 Å². The van der Waals surface area contributed by atoms with Gasteiger partial charge >= 0.3 is 0 Å². The summed E-state index contributed by atoms with van der Waals surface area (Å²) >= 11 is 0. The molecule has 4 rings (SSSR count). The second-order valence-electron chi connectivity index (χ2n) is 6.96. The van der Waals surface area contributed by atoms with Gasteiger partial charge in [0, 0.05) is 11.1 Å². The van der Waals surface area contributed by atoms with Gasteiger partial charge in [-0.25, -0.2) is 15.0 Å². The van der Waals surface area contributed by atoms with Crippen LogP contribution in [0.3, 0.4) is 0 Å². The van der Waals surface area contributed by atoms with Crippen LogP contribution in [-0.4, -0.2) is 28.7 Å². The van der Waals surface area contributed by atoms with E-state index in [9.17, 15) is 0 Å². The molecule has 0 aliphatic carbocycles. The lowest BCUT2D eigenvalue weighted by molar-refractivity contribution is 0.309. The maximum absolute atomic E-state index is 6.20. The van der Waals surface area contributed by atoms with Crippen LogP contribution in [0.25, 0.3) is 33.7 Å². The van der Waals surface area contributed by atoms with Crippen LogP contribution in [0.15, 0.2) is 60.7 Å². The highest BCUT2D eigenvalue weighted by molar-refractivity contribution is 5.88. The molecule has 0 unspecified atom stereocenters. The number of nitrogens with two attached hydrogens (primary N) is 1. The summed E-state index contributed by atoms with van der Waals surface area (Å²) in [4.78, 5) is 13.9. The number of hydrogen-bond donors (Lipinski definition) is 1. The average Bonchev–Trinajstić information content (AvgIpc) is 2.79. The number of fused-ring (bicyclic) bond motifs is 1. The SMILES string of the molecule is CCCCOc1ccc(-c2nc(N)c3ccc(-c4ccc(OC)cc4)nc3n2)cc1. The number of pyridine rings is 1. The minimum Gasteiger partial charge on any atom is -0.497 e. The molecule has 2 heterocycles. The molecule has 30 heavy (non-hydrogen) atoms. The van der Waals surface area contributed by atoms with Crippen molar-refractivity contribution in [2.75, 3.05) is 19.5 Å². The van der Waals surface area contributed by atoms with Crippen molar-refractivity contribution in [3.05, 3.63) is 60.7 Å². The molecule has 6 nitrogen and oxygen atoms in total. The number of benzene rings is 2. The summed E-state index contributed by atoms with van der Waals surface area (Å²) < 4.78 is 11.0. The molecule has 0 aliphatic heterocycles. The first-order valence-corrected chi connectivity index (χ1v) is 10.00. The van der Waals surface area contributed by atoms with Gasteiger partial charge in [-0.05, 0) is 67.1 Å². The number of unbranched alkanes of at least 4 members (excludes halogenated alkanes) is 1. The van der Waals surface area contributed by atoms with E-state index in [-0.39, 0.29) is 0 Å². The normalized spacial score (nSPS) is 10.9. The van der Waals surface area contributed by atoms with E-state index >= 15 is 0 Å². The van der Waals surface area contributed by atoms with Gasteiger partial charge in [0.15, 0.2) is 11.5 Å². The van der Waals surface area contributed by atoms with E-state index in [2.05, 4.69) is 16.9 Å². The Kier molecular flexibility index (Phi) is 5.75. The first kappa shape index (κ1) is 19.6. The summed E-state index contributed by atoms with van der Waals surface area (Å²) in [6.45, 7) is 2.86. The highest BCUT2D eigenvalue weighted by atomic mass is 16.5. The molecule has 2 aromatic heterocycles. The molecule has 0 radical (unpaired) electrons. The second kappa shape index (κ2) is 8.78. The molecule has 2 aromatic carbocycles. The number of nitrogens with zero attached hydrogens (tertiary/aromatic N) is 3. The molecule has 0 saturated carbocycles. The minimum absolute atomic E-state index is 0.409. The molecule has 2 N–H and O–H groups in total. The van der Waals surface area contributed by atoms with E-state index in [4.69, 9.17) is 20.2 Å². The Balaban J connectivity index is 1.66. The van der Waals surface area contributed by atoms with E-state index in [0.29, 0.717) is 23.9 Å². The third kappa shape index (κ3) is 4.17. The lowest BCUT2D eigenvalue weighted by Gasteiger charge is -2.09. The van der Waals surface area contributed by atoms with Crippen molar-refractivity contribution in [2.45, 2.75) is 19.8 Å². The molecule has 0 aliphatic rings. The average molecular weight is 400 g/mol. The van der Waals surface area contributed by atoms with Crippen molar-refractivity contribution in [1.29, 1.82) is 0 Å². The predicted octanol–water partition coefficient (Wildman–Crippen LogP) is 5.13. The van der Waals surface area contributed by atoms with Crippen molar-refractivity contribution < 1.29 is 9.47 Å². The van der Waals surface area contributed by atoms with Gasteiger partial charge in [0.2, 0.25) is 0 Å². The molecular formula is C24H24N4O2. The fourth-order valence-corrected chi connectivity index (χ4v) is 3.12. The summed E-state index contributed by atoms with van der Waals surface area (Å²) in [6, 6.07) is 19.3. The van der Waals surface area contributed by atoms with Gasteiger partial charge in [0.1, 0.15) is 17.3 Å². The Morgan fingerprint density at radius 1 is 0.800 bits per heavy atom. The summed E-state index contributed by atoms with van der Waals surface area (Å²) in [5.74, 6) is 2.59. The van der Waals surface area contributed by atoms with Crippen LogP contribution in [0.5, 0.6) is 11.5 Å². The molecular weight excluding hydrogens is 376 g/mol.